The molecule has 1 aliphatic heterocycles. The maximum atomic E-state index is 9.06. The molecule has 1 atom stereocenters. The summed E-state index contributed by atoms with van der Waals surface area (Å²) in [7, 11) is 2.02. The van der Waals surface area contributed by atoms with Gasteiger partial charge in [0.2, 0.25) is 0 Å². The second kappa shape index (κ2) is 5.98. The van der Waals surface area contributed by atoms with E-state index in [0.717, 1.165) is 25.4 Å². The Morgan fingerprint density at radius 2 is 2.35 bits per heavy atom. The van der Waals surface area contributed by atoms with Gasteiger partial charge in [-0.1, -0.05) is 6.07 Å². The predicted octanol–water partition coefficient (Wildman–Crippen LogP) is 1.58. The van der Waals surface area contributed by atoms with E-state index in [1.54, 1.807) is 0 Å². The monoisotopic (exact) mass is 236 g/mol. The van der Waals surface area contributed by atoms with Crippen LogP contribution >= 0.6 is 0 Å². The van der Waals surface area contributed by atoms with Crippen molar-refractivity contribution in [3.05, 3.63) is 23.9 Å². The van der Waals surface area contributed by atoms with Gasteiger partial charge in [-0.25, -0.2) is 4.98 Å². The molecule has 1 unspecified atom stereocenters. The number of aromatic nitrogens is 1. The predicted molar refractivity (Wildman–Crippen MR) is 67.0 cm³/mol. The first-order valence-electron chi connectivity index (χ1n) is 6.19. The highest BCUT2D eigenvalue weighted by atomic mass is 16.5. The summed E-state index contributed by atoms with van der Waals surface area (Å²) in [6, 6.07) is 5.71. The second-order valence-corrected chi connectivity index (χ2v) is 4.51. The summed E-state index contributed by atoms with van der Waals surface area (Å²) in [5.41, 5.74) is 0.707. The molecule has 94 valence electrons. The summed E-state index contributed by atoms with van der Waals surface area (Å²) in [6.07, 6.45) is 3.87. The van der Waals surface area contributed by atoms with Crippen LogP contribution in [0.5, 0.6) is 0 Å². The zero-order valence-electron chi connectivity index (χ0n) is 10.3. The lowest BCUT2D eigenvalue weighted by Gasteiger charge is -2.28. The van der Waals surface area contributed by atoms with E-state index in [0.29, 0.717) is 11.8 Å². The van der Waals surface area contributed by atoms with Crippen LogP contribution in [0.1, 0.15) is 25.0 Å². The molecule has 4 nitrogen and oxygen atoms in total. The molecule has 1 aromatic heterocycles. The third-order valence-electron chi connectivity index (χ3n) is 3.10. The van der Waals surface area contributed by atoms with Crippen LogP contribution in [0.3, 0.4) is 0 Å². The van der Waals surface area contributed by atoms with E-state index in [1.807, 2.05) is 25.2 Å². The quantitative estimate of drug-likeness (QED) is 0.862. The number of hydrogen-bond acceptors (Lipinski definition) is 4. The standard InChI is InChI=1S/C13H20N2O2/c1-15(9-12-6-2-3-8-17-12)13-7-4-5-11(10-16)14-13/h4-5,7,12,16H,2-3,6,8-10H2,1H3. The Labute approximate surface area is 102 Å². The largest absolute Gasteiger partial charge is 0.390 e. The van der Waals surface area contributed by atoms with Crippen LogP contribution in [-0.4, -0.2) is 36.4 Å². The molecule has 4 heteroatoms. The van der Waals surface area contributed by atoms with Gasteiger partial charge in [-0.2, -0.15) is 0 Å². The van der Waals surface area contributed by atoms with Gasteiger partial charge in [0.1, 0.15) is 5.82 Å². The molecule has 1 N–H and O–H groups in total. The molecule has 0 aliphatic carbocycles. The van der Waals surface area contributed by atoms with Crippen molar-refractivity contribution in [1.82, 2.24) is 4.98 Å². The highest BCUT2D eigenvalue weighted by Crippen LogP contribution is 2.16. The van der Waals surface area contributed by atoms with Crippen LogP contribution in [0, 0.1) is 0 Å². The van der Waals surface area contributed by atoms with Crippen LogP contribution < -0.4 is 4.90 Å². The molecular weight excluding hydrogens is 216 g/mol. The van der Waals surface area contributed by atoms with Gasteiger partial charge < -0.3 is 14.7 Å². The van der Waals surface area contributed by atoms with Crippen LogP contribution in [0.25, 0.3) is 0 Å². The Morgan fingerprint density at radius 3 is 3.06 bits per heavy atom. The molecule has 1 aromatic rings. The van der Waals surface area contributed by atoms with Crippen LogP contribution in [0.4, 0.5) is 5.82 Å². The SMILES string of the molecule is CN(CC1CCCCO1)c1cccc(CO)n1. The fourth-order valence-electron chi connectivity index (χ4n) is 2.12. The number of likely N-dealkylation sites (N-methyl/N-ethyl adjacent to an activating group) is 1. The van der Waals surface area contributed by atoms with E-state index in [4.69, 9.17) is 9.84 Å². The van der Waals surface area contributed by atoms with Gasteiger partial charge in [0.25, 0.3) is 0 Å². The van der Waals surface area contributed by atoms with Crippen LogP contribution in [0.15, 0.2) is 18.2 Å². The Kier molecular flexibility index (Phi) is 4.34. The summed E-state index contributed by atoms with van der Waals surface area (Å²) in [6.45, 7) is 1.73. The van der Waals surface area contributed by atoms with E-state index >= 15 is 0 Å². The third-order valence-corrected chi connectivity index (χ3v) is 3.10. The minimum Gasteiger partial charge on any atom is -0.390 e. The lowest BCUT2D eigenvalue weighted by Crippen LogP contribution is -2.33. The first kappa shape index (κ1) is 12.3. The first-order valence-corrected chi connectivity index (χ1v) is 6.19. The van der Waals surface area contributed by atoms with Gasteiger partial charge in [-0.05, 0) is 31.4 Å². The number of hydrogen-bond donors (Lipinski definition) is 1. The summed E-state index contributed by atoms with van der Waals surface area (Å²) in [5, 5.41) is 9.06. The molecule has 0 bridgehead atoms. The average molecular weight is 236 g/mol. The Bertz CT molecular complexity index is 351. The van der Waals surface area contributed by atoms with Gasteiger partial charge in [0, 0.05) is 20.2 Å². The number of aliphatic hydroxyl groups is 1. The number of ether oxygens (including phenoxy) is 1. The highest BCUT2D eigenvalue weighted by molar-refractivity contribution is 5.38. The van der Waals surface area contributed by atoms with Gasteiger partial charge >= 0.3 is 0 Å². The van der Waals surface area contributed by atoms with Crippen LogP contribution in [-0.2, 0) is 11.3 Å². The van der Waals surface area contributed by atoms with Crippen molar-refractivity contribution in [2.75, 3.05) is 25.1 Å². The van der Waals surface area contributed by atoms with E-state index in [2.05, 4.69) is 9.88 Å². The number of rotatable bonds is 4. The van der Waals surface area contributed by atoms with Crippen molar-refractivity contribution < 1.29 is 9.84 Å². The maximum absolute atomic E-state index is 9.06. The Hall–Kier alpha value is -1.13. The number of anilines is 1. The molecule has 2 rings (SSSR count). The van der Waals surface area contributed by atoms with Gasteiger partial charge in [0.05, 0.1) is 18.4 Å². The zero-order chi connectivity index (χ0) is 12.1. The van der Waals surface area contributed by atoms with Gasteiger partial charge in [-0.15, -0.1) is 0 Å². The summed E-state index contributed by atoms with van der Waals surface area (Å²) in [5.74, 6) is 0.894. The average Bonchev–Trinajstić information content (AvgIpc) is 2.40. The maximum Gasteiger partial charge on any atom is 0.128 e. The van der Waals surface area contributed by atoms with Crippen molar-refractivity contribution in [3.63, 3.8) is 0 Å². The van der Waals surface area contributed by atoms with Gasteiger partial charge in [0.15, 0.2) is 0 Å². The molecule has 17 heavy (non-hydrogen) atoms. The summed E-state index contributed by atoms with van der Waals surface area (Å²) >= 11 is 0. The molecule has 1 aliphatic rings. The van der Waals surface area contributed by atoms with E-state index in [-0.39, 0.29) is 6.61 Å². The summed E-state index contributed by atoms with van der Waals surface area (Å²) in [4.78, 5) is 6.47. The van der Waals surface area contributed by atoms with Crippen LogP contribution in [0.2, 0.25) is 0 Å². The highest BCUT2D eigenvalue weighted by Gasteiger charge is 2.16. The Morgan fingerprint density at radius 1 is 1.47 bits per heavy atom. The molecule has 0 radical (unpaired) electrons. The van der Waals surface area contributed by atoms with Crippen molar-refractivity contribution in [2.45, 2.75) is 32.0 Å². The van der Waals surface area contributed by atoms with E-state index in [1.165, 1.54) is 12.8 Å². The van der Waals surface area contributed by atoms with E-state index < -0.39 is 0 Å². The number of nitrogens with zero attached hydrogens (tertiary/aromatic N) is 2. The normalized spacial score (nSPS) is 20.2. The topological polar surface area (TPSA) is 45.6 Å². The minimum atomic E-state index is -0.0123. The smallest absolute Gasteiger partial charge is 0.128 e. The van der Waals surface area contributed by atoms with Crippen molar-refractivity contribution in [2.24, 2.45) is 0 Å². The lowest BCUT2D eigenvalue weighted by atomic mass is 10.1. The fraction of sp³-hybridized carbons (Fsp3) is 0.615. The summed E-state index contributed by atoms with van der Waals surface area (Å²) < 4.78 is 5.71. The van der Waals surface area contributed by atoms with Crippen molar-refractivity contribution in [3.8, 4) is 0 Å². The van der Waals surface area contributed by atoms with Crippen molar-refractivity contribution >= 4 is 5.82 Å². The molecule has 0 saturated carbocycles. The molecule has 1 saturated heterocycles. The molecule has 1 fully saturated rings. The molecule has 0 amide bonds. The molecule has 0 aromatic carbocycles. The van der Waals surface area contributed by atoms with E-state index in [9.17, 15) is 0 Å². The van der Waals surface area contributed by atoms with Gasteiger partial charge in [-0.3, -0.25) is 0 Å². The molecular formula is C13H20N2O2. The Balaban J connectivity index is 1.95. The molecule has 2 heterocycles. The zero-order valence-corrected chi connectivity index (χ0v) is 10.3. The number of aliphatic hydroxyl groups excluding tert-OH is 1. The molecule has 0 spiro atoms. The first-order chi connectivity index (χ1) is 8.29. The third kappa shape index (κ3) is 3.41. The lowest BCUT2D eigenvalue weighted by molar-refractivity contribution is 0.0215. The number of pyridine rings is 1. The minimum absolute atomic E-state index is 0.0123. The fourth-order valence-corrected chi connectivity index (χ4v) is 2.12. The second-order valence-electron chi connectivity index (χ2n) is 4.51. The van der Waals surface area contributed by atoms with Crippen molar-refractivity contribution in [1.29, 1.82) is 0 Å².